The first kappa shape index (κ1) is 18.5. The molecule has 0 fully saturated rings. The minimum Gasteiger partial charge on any atom is -0.497 e. The summed E-state index contributed by atoms with van der Waals surface area (Å²) in [4.78, 5) is 22.6. The molecule has 0 saturated heterocycles. The van der Waals surface area contributed by atoms with Gasteiger partial charge in [0.1, 0.15) is 29.6 Å². The average Bonchev–Trinajstić information content (AvgIpc) is 2.67. The first-order valence-corrected chi connectivity index (χ1v) is 8.30. The van der Waals surface area contributed by atoms with E-state index in [9.17, 15) is 4.79 Å². The molecule has 0 aliphatic rings. The van der Waals surface area contributed by atoms with E-state index >= 15 is 0 Å². The molecule has 1 aromatic carbocycles. The highest BCUT2D eigenvalue weighted by molar-refractivity contribution is 5.91. The molecule has 0 unspecified atom stereocenters. The van der Waals surface area contributed by atoms with Crippen molar-refractivity contribution in [3.8, 4) is 11.5 Å². The number of aromatic nitrogens is 2. The number of rotatable bonds is 9. The van der Waals surface area contributed by atoms with Gasteiger partial charge >= 0.3 is 0 Å². The molecule has 25 heavy (non-hydrogen) atoms. The standard InChI is InChI=1S/C18H24N4O3/c1-4-22(5-2)17-13-20-16(12-21-17)18(23)19-10-11-25-15-8-6-14(24-3)7-9-15/h6-9,12-13H,4-5,10-11H2,1-3H3,(H,19,23). The van der Waals surface area contributed by atoms with Crippen LogP contribution in [0.1, 0.15) is 24.3 Å². The van der Waals surface area contributed by atoms with Gasteiger partial charge in [0.05, 0.1) is 26.0 Å². The second-order valence-corrected chi connectivity index (χ2v) is 5.21. The number of nitrogens with zero attached hydrogens (tertiary/aromatic N) is 3. The van der Waals surface area contributed by atoms with Crippen LogP contribution in [-0.2, 0) is 0 Å². The van der Waals surface area contributed by atoms with E-state index in [1.165, 1.54) is 6.20 Å². The summed E-state index contributed by atoms with van der Waals surface area (Å²) in [6, 6.07) is 7.28. The predicted octanol–water partition coefficient (Wildman–Crippen LogP) is 2.14. The lowest BCUT2D eigenvalue weighted by Gasteiger charge is -2.18. The number of carbonyl (C=O) groups excluding carboxylic acids is 1. The van der Waals surface area contributed by atoms with Gasteiger partial charge in [0.15, 0.2) is 0 Å². The maximum absolute atomic E-state index is 12.1. The highest BCUT2D eigenvalue weighted by Crippen LogP contribution is 2.16. The van der Waals surface area contributed by atoms with Crippen LogP contribution in [0.2, 0.25) is 0 Å². The number of ether oxygens (including phenoxy) is 2. The fraction of sp³-hybridized carbons (Fsp3) is 0.389. The molecule has 7 nitrogen and oxygen atoms in total. The molecule has 0 radical (unpaired) electrons. The van der Waals surface area contributed by atoms with E-state index < -0.39 is 0 Å². The molecular formula is C18H24N4O3. The Hall–Kier alpha value is -2.83. The van der Waals surface area contributed by atoms with Crippen molar-refractivity contribution in [2.75, 3.05) is 38.3 Å². The second kappa shape index (κ2) is 9.46. The topological polar surface area (TPSA) is 76.6 Å². The van der Waals surface area contributed by atoms with Gasteiger partial charge in [-0.15, -0.1) is 0 Å². The number of carbonyl (C=O) groups is 1. The van der Waals surface area contributed by atoms with E-state index in [0.717, 1.165) is 30.4 Å². The molecular weight excluding hydrogens is 320 g/mol. The number of methoxy groups -OCH3 is 1. The van der Waals surface area contributed by atoms with Gasteiger partial charge in [-0.05, 0) is 38.1 Å². The third kappa shape index (κ3) is 5.34. The molecule has 0 atom stereocenters. The summed E-state index contributed by atoms with van der Waals surface area (Å²) in [6.07, 6.45) is 3.11. The molecule has 0 spiro atoms. The zero-order valence-electron chi connectivity index (χ0n) is 14.9. The Morgan fingerprint density at radius 1 is 1.08 bits per heavy atom. The Morgan fingerprint density at radius 2 is 1.76 bits per heavy atom. The number of nitrogens with one attached hydrogen (secondary N) is 1. The maximum atomic E-state index is 12.1. The van der Waals surface area contributed by atoms with Crippen LogP contribution in [0.15, 0.2) is 36.7 Å². The van der Waals surface area contributed by atoms with Crippen molar-refractivity contribution in [3.63, 3.8) is 0 Å². The fourth-order valence-electron chi connectivity index (χ4n) is 2.25. The van der Waals surface area contributed by atoms with Gasteiger partial charge in [0, 0.05) is 13.1 Å². The van der Waals surface area contributed by atoms with Crippen molar-refractivity contribution >= 4 is 11.7 Å². The zero-order valence-corrected chi connectivity index (χ0v) is 14.9. The normalized spacial score (nSPS) is 10.2. The van der Waals surface area contributed by atoms with Gasteiger partial charge in [-0.25, -0.2) is 9.97 Å². The van der Waals surface area contributed by atoms with Crippen LogP contribution in [0.25, 0.3) is 0 Å². The summed E-state index contributed by atoms with van der Waals surface area (Å²) in [5.74, 6) is 1.99. The minimum atomic E-state index is -0.267. The van der Waals surface area contributed by atoms with Crippen molar-refractivity contribution in [2.45, 2.75) is 13.8 Å². The monoisotopic (exact) mass is 344 g/mol. The van der Waals surface area contributed by atoms with Crippen molar-refractivity contribution in [1.82, 2.24) is 15.3 Å². The number of hydrogen-bond donors (Lipinski definition) is 1. The lowest BCUT2D eigenvalue weighted by molar-refractivity contribution is 0.0941. The highest BCUT2D eigenvalue weighted by atomic mass is 16.5. The Labute approximate surface area is 148 Å². The Balaban J connectivity index is 1.77. The molecule has 1 aromatic heterocycles. The van der Waals surface area contributed by atoms with Crippen LogP contribution >= 0.6 is 0 Å². The van der Waals surface area contributed by atoms with Crippen LogP contribution in [0.5, 0.6) is 11.5 Å². The van der Waals surface area contributed by atoms with E-state index in [0.29, 0.717) is 18.8 Å². The predicted molar refractivity (Wildman–Crippen MR) is 96.4 cm³/mol. The van der Waals surface area contributed by atoms with E-state index in [1.54, 1.807) is 13.3 Å². The molecule has 134 valence electrons. The molecule has 2 rings (SSSR count). The van der Waals surface area contributed by atoms with Crippen LogP contribution in [0, 0.1) is 0 Å². The van der Waals surface area contributed by atoms with Gasteiger partial charge in [0.2, 0.25) is 0 Å². The Kier molecular flexibility index (Phi) is 7.00. The number of hydrogen-bond acceptors (Lipinski definition) is 6. The summed E-state index contributed by atoms with van der Waals surface area (Å²) in [6.45, 7) is 6.54. The molecule has 1 N–H and O–H groups in total. The largest absolute Gasteiger partial charge is 0.497 e. The molecule has 2 aromatic rings. The molecule has 1 amide bonds. The lowest BCUT2D eigenvalue weighted by atomic mass is 10.3. The van der Waals surface area contributed by atoms with Crippen molar-refractivity contribution in [3.05, 3.63) is 42.4 Å². The third-order valence-electron chi connectivity index (χ3n) is 3.67. The van der Waals surface area contributed by atoms with Crippen molar-refractivity contribution < 1.29 is 14.3 Å². The Bertz CT molecular complexity index is 655. The molecule has 0 bridgehead atoms. The van der Waals surface area contributed by atoms with Crippen molar-refractivity contribution in [2.24, 2.45) is 0 Å². The first-order valence-electron chi connectivity index (χ1n) is 8.30. The second-order valence-electron chi connectivity index (χ2n) is 5.21. The van der Waals surface area contributed by atoms with Crippen molar-refractivity contribution in [1.29, 1.82) is 0 Å². The van der Waals surface area contributed by atoms with E-state index in [2.05, 4.69) is 34.0 Å². The van der Waals surface area contributed by atoms with Crippen LogP contribution < -0.4 is 19.7 Å². The van der Waals surface area contributed by atoms with E-state index in [1.807, 2.05) is 24.3 Å². The smallest absolute Gasteiger partial charge is 0.271 e. The highest BCUT2D eigenvalue weighted by Gasteiger charge is 2.09. The first-order chi connectivity index (χ1) is 12.2. The fourth-order valence-corrected chi connectivity index (χ4v) is 2.25. The third-order valence-corrected chi connectivity index (χ3v) is 3.67. The molecule has 0 aliphatic carbocycles. The summed E-state index contributed by atoms with van der Waals surface area (Å²) in [5, 5.41) is 2.76. The zero-order chi connectivity index (χ0) is 18.1. The summed E-state index contributed by atoms with van der Waals surface area (Å²) < 4.78 is 10.6. The van der Waals surface area contributed by atoms with Crippen LogP contribution in [0.4, 0.5) is 5.82 Å². The number of anilines is 1. The molecule has 1 heterocycles. The van der Waals surface area contributed by atoms with Crippen LogP contribution in [-0.4, -0.2) is 49.2 Å². The average molecular weight is 344 g/mol. The number of amides is 1. The van der Waals surface area contributed by atoms with Gasteiger partial charge in [-0.2, -0.15) is 0 Å². The van der Waals surface area contributed by atoms with Gasteiger partial charge < -0.3 is 19.7 Å². The van der Waals surface area contributed by atoms with E-state index in [-0.39, 0.29) is 5.91 Å². The SMILES string of the molecule is CCN(CC)c1cnc(C(=O)NCCOc2ccc(OC)cc2)cn1. The van der Waals surface area contributed by atoms with E-state index in [4.69, 9.17) is 9.47 Å². The summed E-state index contributed by atoms with van der Waals surface area (Å²) in [5.41, 5.74) is 0.292. The van der Waals surface area contributed by atoms with Crippen LogP contribution in [0.3, 0.4) is 0 Å². The maximum Gasteiger partial charge on any atom is 0.271 e. The summed E-state index contributed by atoms with van der Waals surface area (Å²) in [7, 11) is 1.61. The summed E-state index contributed by atoms with van der Waals surface area (Å²) >= 11 is 0. The van der Waals surface area contributed by atoms with Gasteiger partial charge in [0.25, 0.3) is 5.91 Å². The van der Waals surface area contributed by atoms with Gasteiger partial charge in [-0.3, -0.25) is 4.79 Å². The van der Waals surface area contributed by atoms with Gasteiger partial charge in [-0.1, -0.05) is 0 Å². The molecule has 0 saturated carbocycles. The number of benzene rings is 1. The lowest BCUT2D eigenvalue weighted by Crippen LogP contribution is -2.29. The Morgan fingerprint density at radius 3 is 2.32 bits per heavy atom. The quantitative estimate of drug-likeness (QED) is 0.703. The molecule has 0 aliphatic heterocycles. The molecule has 7 heteroatoms. The minimum absolute atomic E-state index is 0.267.